The van der Waals surface area contributed by atoms with Crippen LogP contribution >= 0.6 is 0 Å². The molecule has 0 bridgehead atoms. The first-order chi connectivity index (χ1) is 31.7. The summed E-state index contributed by atoms with van der Waals surface area (Å²) in [6, 6.07) is 85.1. The van der Waals surface area contributed by atoms with Gasteiger partial charge in [0.1, 0.15) is 5.58 Å². The first kappa shape index (κ1) is 36.1. The summed E-state index contributed by atoms with van der Waals surface area (Å²) in [7, 11) is 0. The Balaban J connectivity index is 0.991. The van der Waals surface area contributed by atoms with E-state index in [0.717, 1.165) is 72.5 Å². The molecule has 0 atom stereocenters. The monoisotopic (exact) mass is 817 g/mol. The number of nitrogens with zero attached hydrogens (tertiary/aromatic N) is 3. The lowest BCUT2D eigenvalue weighted by atomic mass is 9.99. The van der Waals surface area contributed by atoms with Crippen molar-refractivity contribution in [1.29, 1.82) is 0 Å². The fourth-order valence-corrected chi connectivity index (χ4v) is 9.96. The van der Waals surface area contributed by atoms with Crippen molar-refractivity contribution < 1.29 is 4.42 Å². The number of rotatable bonds is 7. The molecule has 3 aromatic heterocycles. The molecule has 4 heteroatoms. The van der Waals surface area contributed by atoms with Crippen LogP contribution in [0.3, 0.4) is 0 Å². The quantitative estimate of drug-likeness (QED) is 0.160. The molecule has 0 saturated carbocycles. The average Bonchev–Trinajstić information content (AvgIpc) is 4.02. The van der Waals surface area contributed by atoms with Crippen LogP contribution in [-0.2, 0) is 0 Å². The van der Waals surface area contributed by atoms with Gasteiger partial charge in [0, 0.05) is 55.1 Å². The van der Waals surface area contributed by atoms with E-state index in [2.05, 4.69) is 245 Å². The number of benzene rings is 10. The summed E-state index contributed by atoms with van der Waals surface area (Å²) in [5.41, 5.74) is 16.6. The number of hydrogen-bond acceptors (Lipinski definition) is 2. The topological polar surface area (TPSA) is 26.2 Å². The first-order valence-corrected chi connectivity index (χ1v) is 21.8. The number of anilines is 3. The van der Waals surface area contributed by atoms with Gasteiger partial charge in [-0.3, -0.25) is 0 Å². The number of hydrogen-bond donors (Lipinski definition) is 0. The Morgan fingerprint density at radius 3 is 1.39 bits per heavy atom. The molecule has 64 heavy (non-hydrogen) atoms. The summed E-state index contributed by atoms with van der Waals surface area (Å²) in [4.78, 5) is 2.30. The molecule has 0 spiro atoms. The summed E-state index contributed by atoms with van der Waals surface area (Å²) in [5.74, 6) is 0. The standard InChI is InChI=1S/C60H39N3O/c1-4-15-44(16-5-1)61(45-17-6-2-7-18-45)47-32-27-40(28-33-47)41-29-35-56-52(37-41)53-39-43(31-36-57(53)63(56)58-25-14-23-50-49-22-11-13-26-59(49)64-60(50)58)42-30-34-55-51(38-42)48-21-10-12-24-54(48)62(55)46-19-8-3-9-20-46/h1-39H. The van der Waals surface area contributed by atoms with Gasteiger partial charge >= 0.3 is 0 Å². The Hall–Kier alpha value is -8.60. The second-order valence-electron chi connectivity index (χ2n) is 16.5. The van der Waals surface area contributed by atoms with Crippen molar-refractivity contribution >= 4 is 82.6 Å². The largest absolute Gasteiger partial charge is 0.454 e. The molecule has 0 fully saturated rings. The summed E-state index contributed by atoms with van der Waals surface area (Å²) in [5, 5.41) is 7.08. The van der Waals surface area contributed by atoms with Gasteiger partial charge in [0.2, 0.25) is 0 Å². The van der Waals surface area contributed by atoms with Crippen LogP contribution in [0, 0.1) is 0 Å². The molecule has 13 aromatic rings. The SMILES string of the molecule is c1ccc(N(c2ccccc2)c2ccc(-c3ccc4c(c3)c3cc(-c5ccc6c(c5)c5ccccc5n6-c5ccccc5)ccc3n4-c3cccc4c3oc3ccccc34)cc2)cc1. The van der Waals surface area contributed by atoms with Crippen molar-refractivity contribution in [3.8, 4) is 33.6 Å². The Morgan fingerprint density at radius 1 is 0.297 bits per heavy atom. The minimum Gasteiger partial charge on any atom is -0.454 e. The molecule has 0 aliphatic carbocycles. The first-order valence-electron chi connectivity index (χ1n) is 21.8. The van der Waals surface area contributed by atoms with Crippen LogP contribution in [-0.4, -0.2) is 9.13 Å². The van der Waals surface area contributed by atoms with Gasteiger partial charge in [-0.2, -0.15) is 0 Å². The average molecular weight is 818 g/mol. The van der Waals surface area contributed by atoms with Crippen LogP contribution in [0.1, 0.15) is 0 Å². The van der Waals surface area contributed by atoms with Crippen molar-refractivity contribution in [1.82, 2.24) is 9.13 Å². The maximum Gasteiger partial charge on any atom is 0.159 e. The molecule has 0 radical (unpaired) electrons. The van der Waals surface area contributed by atoms with Crippen LogP contribution in [0.2, 0.25) is 0 Å². The Labute approximate surface area is 369 Å². The summed E-state index contributed by atoms with van der Waals surface area (Å²) >= 11 is 0. The lowest BCUT2D eigenvalue weighted by Crippen LogP contribution is -2.09. The van der Waals surface area contributed by atoms with Crippen molar-refractivity contribution in [3.63, 3.8) is 0 Å². The van der Waals surface area contributed by atoms with Crippen molar-refractivity contribution in [2.24, 2.45) is 0 Å². The van der Waals surface area contributed by atoms with E-state index in [-0.39, 0.29) is 0 Å². The maximum atomic E-state index is 6.67. The number of furan rings is 1. The number of para-hydroxylation sites is 6. The molecule has 0 aliphatic rings. The van der Waals surface area contributed by atoms with E-state index in [4.69, 9.17) is 4.42 Å². The maximum absolute atomic E-state index is 6.67. The fraction of sp³-hybridized carbons (Fsp3) is 0. The van der Waals surface area contributed by atoms with Crippen molar-refractivity contribution in [2.75, 3.05) is 4.90 Å². The van der Waals surface area contributed by atoms with Gasteiger partial charge in [-0.1, -0.05) is 133 Å². The lowest BCUT2D eigenvalue weighted by molar-refractivity contribution is 0.666. The smallest absolute Gasteiger partial charge is 0.159 e. The highest BCUT2D eigenvalue weighted by Gasteiger charge is 2.20. The van der Waals surface area contributed by atoms with Crippen molar-refractivity contribution in [3.05, 3.63) is 237 Å². The highest BCUT2D eigenvalue weighted by Crippen LogP contribution is 2.42. The molecule has 0 aliphatic heterocycles. The van der Waals surface area contributed by atoms with Crippen LogP contribution in [0.4, 0.5) is 17.1 Å². The molecule has 3 heterocycles. The second-order valence-corrected chi connectivity index (χ2v) is 16.5. The number of aromatic nitrogens is 2. The minimum atomic E-state index is 0.882. The van der Waals surface area contributed by atoms with E-state index in [1.165, 1.54) is 43.7 Å². The molecule has 10 aromatic carbocycles. The van der Waals surface area contributed by atoms with Gasteiger partial charge < -0.3 is 18.5 Å². The zero-order valence-corrected chi connectivity index (χ0v) is 34.8. The highest BCUT2D eigenvalue weighted by molar-refractivity contribution is 6.15. The van der Waals surface area contributed by atoms with E-state index in [1.807, 2.05) is 6.07 Å². The molecule has 0 saturated heterocycles. The molecule has 0 N–H and O–H groups in total. The molecule has 0 amide bonds. The Bertz CT molecular complexity index is 3840. The molecular formula is C60H39N3O. The minimum absolute atomic E-state index is 0.882. The summed E-state index contributed by atoms with van der Waals surface area (Å²) in [6.45, 7) is 0. The highest BCUT2D eigenvalue weighted by atomic mass is 16.3. The van der Waals surface area contributed by atoms with Gasteiger partial charge in [0.15, 0.2) is 5.58 Å². The van der Waals surface area contributed by atoms with Gasteiger partial charge in [-0.15, -0.1) is 0 Å². The van der Waals surface area contributed by atoms with Gasteiger partial charge in [-0.25, -0.2) is 0 Å². The van der Waals surface area contributed by atoms with Crippen LogP contribution < -0.4 is 4.90 Å². The zero-order valence-electron chi connectivity index (χ0n) is 34.8. The Morgan fingerprint density at radius 2 is 0.750 bits per heavy atom. The lowest BCUT2D eigenvalue weighted by Gasteiger charge is -2.25. The predicted molar refractivity (Wildman–Crippen MR) is 268 cm³/mol. The molecule has 0 unspecified atom stereocenters. The van der Waals surface area contributed by atoms with E-state index in [1.54, 1.807) is 0 Å². The van der Waals surface area contributed by atoms with Gasteiger partial charge in [-0.05, 0) is 125 Å². The molecule has 300 valence electrons. The van der Waals surface area contributed by atoms with E-state index in [0.29, 0.717) is 0 Å². The normalized spacial score (nSPS) is 11.8. The molecule has 13 rings (SSSR count). The molecular weight excluding hydrogens is 779 g/mol. The van der Waals surface area contributed by atoms with Crippen LogP contribution in [0.15, 0.2) is 241 Å². The van der Waals surface area contributed by atoms with Gasteiger partial charge in [0.05, 0.1) is 27.8 Å². The van der Waals surface area contributed by atoms with Crippen molar-refractivity contribution in [2.45, 2.75) is 0 Å². The number of fused-ring (bicyclic) bond motifs is 9. The fourth-order valence-electron chi connectivity index (χ4n) is 9.96. The third-order valence-electron chi connectivity index (χ3n) is 12.9. The van der Waals surface area contributed by atoms with Crippen LogP contribution in [0.25, 0.3) is 99.2 Å². The van der Waals surface area contributed by atoms with Crippen LogP contribution in [0.5, 0.6) is 0 Å². The second kappa shape index (κ2) is 14.5. The third kappa shape index (κ3) is 5.70. The van der Waals surface area contributed by atoms with E-state index in [9.17, 15) is 0 Å². The third-order valence-corrected chi connectivity index (χ3v) is 12.9. The van der Waals surface area contributed by atoms with Gasteiger partial charge in [0.25, 0.3) is 0 Å². The molecule has 4 nitrogen and oxygen atoms in total. The Kier molecular flexibility index (Phi) is 8.18. The zero-order chi connectivity index (χ0) is 42.1. The predicted octanol–water partition coefficient (Wildman–Crippen LogP) is 16.6. The van der Waals surface area contributed by atoms with E-state index >= 15 is 0 Å². The van der Waals surface area contributed by atoms with E-state index < -0.39 is 0 Å². The summed E-state index contributed by atoms with van der Waals surface area (Å²) in [6.07, 6.45) is 0. The summed E-state index contributed by atoms with van der Waals surface area (Å²) < 4.78 is 11.4.